The summed E-state index contributed by atoms with van der Waals surface area (Å²) in [5.74, 6) is 1.31. The number of rotatable bonds is 5. The first-order chi connectivity index (χ1) is 12.3. The highest BCUT2D eigenvalue weighted by molar-refractivity contribution is 5.84. The van der Waals surface area contributed by atoms with Crippen LogP contribution in [0.4, 0.5) is 17.5 Å². The third-order valence-electron chi connectivity index (χ3n) is 3.71. The maximum absolute atomic E-state index is 9.38. The summed E-state index contributed by atoms with van der Waals surface area (Å²) in [5.41, 5.74) is 3.27. The van der Waals surface area contributed by atoms with Crippen LogP contribution in [0.3, 0.4) is 0 Å². The van der Waals surface area contributed by atoms with Crippen LogP contribution in [-0.4, -0.2) is 25.0 Å². The van der Waals surface area contributed by atoms with E-state index < -0.39 is 0 Å². The van der Waals surface area contributed by atoms with Crippen molar-refractivity contribution in [1.82, 2.24) is 19.9 Å². The molecule has 4 aromatic rings. The maximum Gasteiger partial charge on any atom is 0.231 e. The molecular formula is C18H16N6O. The van der Waals surface area contributed by atoms with E-state index in [1.165, 1.54) is 0 Å². The highest BCUT2D eigenvalue weighted by atomic mass is 16.3. The molecule has 0 unspecified atom stereocenters. The third kappa shape index (κ3) is 3.35. The number of hydrogen-bond acceptors (Lipinski definition) is 6. The molecule has 0 aliphatic heterocycles. The van der Waals surface area contributed by atoms with Crippen LogP contribution in [0.1, 0.15) is 5.56 Å². The molecule has 2 heterocycles. The van der Waals surface area contributed by atoms with Crippen molar-refractivity contribution in [3.05, 3.63) is 66.5 Å². The largest absolute Gasteiger partial charge is 0.508 e. The Morgan fingerprint density at radius 1 is 0.960 bits per heavy atom. The molecule has 7 heteroatoms. The molecule has 0 atom stereocenters. The van der Waals surface area contributed by atoms with Gasteiger partial charge in [0.05, 0.1) is 6.33 Å². The molecule has 0 aliphatic carbocycles. The molecule has 0 aliphatic rings. The van der Waals surface area contributed by atoms with E-state index in [0.29, 0.717) is 24.0 Å². The molecule has 4 rings (SSSR count). The molecule has 7 nitrogen and oxygen atoms in total. The molecule has 0 bridgehead atoms. The summed E-state index contributed by atoms with van der Waals surface area (Å²) in [7, 11) is 0. The summed E-state index contributed by atoms with van der Waals surface area (Å²) in [5, 5.41) is 15.8. The normalized spacial score (nSPS) is 10.7. The number of fused-ring (bicyclic) bond motifs is 1. The minimum Gasteiger partial charge on any atom is -0.508 e. The van der Waals surface area contributed by atoms with Gasteiger partial charge in [0.2, 0.25) is 5.95 Å². The molecule has 0 spiro atoms. The van der Waals surface area contributed by atoms with Crippen LogP contribution in [0.2, 0.25) is 0 Å². The van der Waals surface area contributed by atoms with E-state index in [-0.39, 0.29) is 5.75 Å². The van der Waals surface area contributed by atoms with Gasteiger partial charge in [-0.2, -0.15) is 9.97 Å². The van der Waals surface area contributed by atoms with Crippen molar-refractivity contribution in [2.45, 2.75) is 6.54 Å². The lowest BCUT2D eigenvalue weighted by Gasteiger charge is -2.10. The second-order valence-corrected chi connectivity index (χ2v) is 5.51. The highest BCUT2D eigenvalue weighted by Crippen LogP contribution is 2.22. The smallest absolute Gasteiger partial charge is 0.231 e. The zero-order valence-electron chi connectivity index (χ0n) is 13.3. The zero-order valence-corrected chi connectivity index (χ0v) is 13.3. The standard InChI is InChI=1S/C18H16N6O/c25-14-8-6-13(7-9-14)22-18-23-16(15-17(24-18)21-11-20-15)19-10-12-4-2-1-3-5-12/h1-9,11,25H,10H2,(H3,19,20,21,22,23,24). The summed E-state index contributed by atoms with van der Waals surface area (Å²) in [6, 6.07) is 16.8. The van der Waals surface area contributed by atoms with Crippen LogP contribution < -0.4 is 10.6 Å². The van der Waals surface area contributed by atoms with Crippen LogP contribution in [-0.2, 0) is 6.54 Å². The number of H-pyrrole nitrogens is 1. The van der Waals surface area contributed by atoms with Crippen molar-refractivity contribution in [2.75, 3.05) is 10.6 Å². The van der Waals surface area contributed by atoms with Crippen LogP contribution in [0.5, 0.6) is 5.75 Å². The van der Waals surface area contributed by atoms with Crippen molar-refractivity contribution >= 4 is 28.6 Å². The Balaban J connectivity index is 1.61. The van der Waals surface area contributed by atoms with E-state index in [4.69, 9.17) is 0 Å². The fourth-order valence-electron chi connectivity index (χ4n) is 2.47. The number of nitrogens with zero attached hydrogens (tertiary/aromatic N) is 3. The Morgan fingerprint density at radius 2 is 1.76 bits per heavy atom. The van der Waals surface area contributed by atoms with E-state index in [1.54, 1.807) is 30.6 Å². The van der Waals surface area contributed by atoms with Crippen molar-refractivity contribution in [3.8, 4) is 5.75 Å². The number of phenolic OH excluding ortho intramolecular Hbond substituents is 1. The monoisotopic (exact) mass is 332 g/mol. The van der Waals surface area contributed by atoms with Gasteiger partial charge in [0.25, 0.3) is 0 Å². The van der Waals surface area contributed by atoms with E-state index in [2.05, 4.69) is 30.6 Å². The minimum atomic E-state index is 0.208. The summed E-state index contributed by atoms with van der Waals surface area (Å²) in [4.78, 5) is 16.2. The summed E-state index contributed by atoms with van der Waals surface area (Å²) in [6.45, 7) is 0.643. The Morgan fingerprint density at radius 3 is 2.56 bits per heavy atom. The third-order valence-corrected chi connectivity index (χ3v) is 3.71. The second-order valence-electron chi connectivity index (χ2n) is 5.51. The van der Waals surface area contributed by atoms with E-state index in [0.717, 1.165) is 16.8 Å². The maximum atomic E-state index is 9.38. The van der Waals surface area contributed by atoms with Crippen LogP contribution >= 0.6 is 0 Å². The number of phenols is 1. The topological polar surface area (TPSA) is 98.8 Å². The Labute approximate surface area is 143 Å². The first-order valence-electron chi connectivity index (χ1n) is 7.83. The van der Waals surface area contributed by atoms with Crippen molar-refractivity contribution in [3.63, 3.8) is 0 Å². The molecule has 2 aromatic carbocycles. The van der Waals surface area contributed by atoms with Gasteiger partial charge in [0.15, 0.2) is 11.5 Å². The first-order valence-corrected chi connectivity index (χ1v) is 7.83. The SMILES string of the molecule is Oc1ccc(Nc2nc(NCc3ccccc3)c3[nH]cnc3n2)cc1. The summed E-state index contributed by atoms with van der Waals surface area (Å²) in [6.07, 6.45) is 1.59. The van der Waals surface area contributed by atoms with E-state index in [9.17, 15) is 5.11 Å². The van der Waals surface area contributed by atoms with Crippen LogP contribution in [0, 0.1) is 0 Å². The van der Waals surface area contributed by atoms with Gasteiger partial charge in [-0.1, -0.05) is 30.3 Å². The lowest BCUT2D eigenvalue weighted by atomic mass is 10.2. The number of imidazole rings is 1. The lowest BCUT2D eigenvalue weighted by molar-refractivity contribution is 0.475. The quantitative estimate of drug-likeness (QED) is 0.418. The zero-order chi connectivity index (χ0) is 17.1. The van der Waals surface area contributed by atoms with Gasteiger partial charge in [0, 0.05) is 12.2 Å². The number of hydrogen-bond donors (Lipinski definition) is 4. The predicted molar refractivity (Wildman–Crippen MR) is 96.8 cm³/mol. The van der Waals surface area contributed by atoms with E-state index >= 15 is 0 Å². The van der Waals surface area contributed by atoms with Gasteiger partial charge in [-0.3, -0.25) is 0 Å². The number of benzene rings is 2. The predicted octanol–water partition coefficient (Wildman–Crippen LogP) is 3.41. The average Bonchev–Trinajstić information content (AvgIpc) is 3.11. The molecule has 25 heavy (non-hydrogen) atoms. The fraction of sp³-hybridized carbons (Fsp3) is 0.0556. The molecule has 2 aromatic heterocycles. The highest BCUT2D eigenvalue weighted by Gasteiger charge is 2.10. The number of anilines is 3. The van der Waals surface area contributed by atoms with Crippen molar-refractivity contribution in [1.29, 1.82) is 0 Å². The van der Waals surface area contributed by atoms with Gasteiger partial charge < -0.3 is 20.7 Å². The van der Waals surface area contributed by atoms with Gasteiger partial charge >= 0.3 is 0 Å². The van der Waals surface area contributed by atoms with E-state index in [1.807, 2.05) is 30.3 Å². The number of aromatic amines is 1. The van der Waals surface area contributed by atoms with Gasteiger partial charge in [-0.25, -0.2) is 4.98 Å². The minimum absolute atomic E-state index is 0.208. The summed E-state index contributed by atoms with van der Waals surface area (Å²) >= 11 is 0. The number of aromatic hydroxyl groups is 1. The first kappa shape index (κ1) is 14.9. The Bertz CT molecular complexity index is 982. The van der Waals surface area contributed by atoms with Crippen molar-refractivity contribution in [2.24, 2.45) is 0 Å². The lowest BCUT2D eigenvalue weighted by Crippen LogP contribution is -2.05. The Kier molecular flexibility index (Phi) is 3.88. The molecule has 0 fully saturated rings. The van der Waals surface area contributed by atoms with Crippen molar-refractivity contribution < 1.29 is 5.11 Å². The fourth-order valence-corrected chi connectivity index (χ4v) is 2.47. The second kappa shape index (κ2) is 6.48. The average molecular weight is 332 g/mol. The molecule has 0 amide bonds. The molecule has 0 radical (unpaired) electrons. The van der Waals surface area contributed by atoms with Gasteiger partial charge in [-0.15, -0.1) is 0 Å². The Hall–Kier alpha value is -3.61. The molecule has 124 valence electrons. The summed E-state index contributed by atoms with van der Waals surface area (Å²) < 4.78 is 0. The van der Waals surface area contributed by atoms with Gasteiger partial charge in [0.1, 0.15) is 11.3 Å². The number of nitrogens with one attached hydrogen (secondary N) is 3. The molecular weight excluding hydrogens is 316 g/mol. The molecule has 4 N–H and O–H groups in total. The number of aromatic nitrogens is 4. The van der Waals surface area contributed by atoms with Crippen LogP contribution in [0.25, 0.3) is 11.2 Å². The molecule has 0 saturated carbocycles. The molecule has 0 saturated heterocycles. The van der Waals surface area contributed by atoms with Crippen LogP contribution in [0.15, 0.2) is 60.9 Å². The van der Waals surface area contributed by atoms with Gasteiger partial charge in [-0.05, 0) is 29.8 Å².